The molecule has 0 spiro atoms. The van der Waals surface area contributed by atoms with Gasteiger partial charge in [0.2, 0.25) is 0 Å². The van der Waals surface area contributed by atoms with Gasteiger partial charge in [-0.3, -0.25) is 0 Å². The van der Waals surface area contributed by atoms with Crippen LogP contribution in [-0.2, 0) is 11.3 Å². The van der Waals surface area contributed by atoms with Gasteiger partial charge in [0, 0.05) is 28.9 Å². The third-order valence-corrected chi connectivity index (χ3v) is 4.76. The van der Waals surface area contributed by atoms with Crippen molar-refractivity contribution < 1.29 is 14.6 Å². The van der Waals surface area contributed by atoms with Gasteiger partial charge in [0.1, 0.15) is 5.75 Å². The van der Waals surface area contributed by atoms with E-state index in [-0.39, 0.29) is 24.1 Å². The first-order valence-electron chi connectivity index (χ1n) is 9.10. The highest BCUT2D eigenvalue weighted by molar-refractivity contribution is 6.08. The van der Waals surface area contributed by atoms with Crippen LogP contribution < -0.4 is 0 Å². The zero-order chi connectivity index (χ0) is 19.7. The van der Waals surface area contributed by atoms with Gasteiger partial charge >= 0.3 is 5.97 Å². The van der Waals surface area contributed by atoms with Crippen molar-refractivity contribution in [2.24, 2.45) is 0 Å². The summed E-state index contributed by atoms with van der Waals surface area (Å²) in [5.74, 6) is -0.179. The van der Waals surface area contributed by atoms with E-state index in [9.17, 15) is 9.90 Å². The molecule has 1 N–H and O–H groups in total. The molecule has 3 rings (SSSR count). The molecular formula is C22H27ClN2O3. The summed E-state index contributed by atoms with van der Waals surface area (Å²) in [5, 5.41) is 11.3. The van der Waals surface area contributed by atoms with Crippen molar-refractivity contribution in [3.63, 3.8) is 0 Å². The van der Waals surface area contributed by atoms with Crippen LogP contribution in [0.5, 0.6) is 5.75 Å². The van der Waals surface area contributed by atoms with Crippen LogP contribution in [0.25, 0.3) is 16.6 Å². The average Bonchev–Trinajstić information content (AvgIpc) is 2.90. The first-order chi connectivity index (χ1) is 12.9. The molecule has 0 amide bonds. The summed E-state index contributed by atoms with van der Waals surface area (Å²) >= 11 is 0. The van der Waals surface area contributed by atoms with Gasteiger partial charge in [-0.05, 0) is 58.6 Å². The lowest BCUT2D eigenvalue weighted by molar-refractivity contribution is 0.0527. The maximum atomic E-state index is 12.8. The maximum absolute atomic E-state index is 12.8. The van der Waals surface area contributed by atoms with E-state index < -0.39 is 0 Å². The normalized spacial score (nSPS) is 10.9. The lowest BCUT2D eigenvalue weighted by atomic mass is 10.0. The number of nitrogens with zero attached hydrogens (tertiary/aromatic N) is 2. The Balaban J connectivity index is 0.00000280. The molecule has 0 aliphatic heterocycles. The molecule has 150 valence electrons. The van der Waals surface area contributed by atoms with Crippen LogP contribution in [0, 0.1) is 13.8 Å². The van der Waals surface area contributed by atoms with E-state index in [4.69, 9.17) is 4.74 Å². The second kappa shape index (κ2) is 8.67. The molecule has 3 aromatic rings. The van der Waals surface area contributed by atoms with Crippen molar-refractivity contribution >= 4 is 29.3 Å². The van der Waals surface area contributed by atoms with E-state index in [0.29, 0.717) is 18.7 Å². The molecule has 0 radical (unpaired) electrons. The molecular weight excluding hydrogens is 376 g/mol. The number of carbonyl (C=O) groups is 1. The summed E-state index contributed by atoms with van der Waals surface area (Å²) in [7, 11) is 3.88. The molecule has 0 aliphatic rings. The van der Waals surface area contributed by atoms with Crippen LogP contribution in [0.4, 0.5) is 0 Å². The Hall–Kier alpha value is -2.50. The number of aromatic nitrogens is 1. The third kappa shape index (κ3) is 3.73. The largest absolute Gasteiger partial charge is 0.508 e. The molecule has 28 heavy (non-hydrogen) atoms. The molecule has 1 aromatic heterocycles. The topological polar surface area (TPSA) is 54.7 Å². The lowest BCUT2D eigenvalue weighted by Crippen LogP contribution is -2.12. The van der Waals surface area contributed by atoms with Crippen molar-refractivity contribution in [1.82, 2.24) is 9.47 Å². The lowest BCUT2D eigenvalue weighted by Gasteiger charge is -2.14. The predicted octanol–water partition coefficient (Wildman–Crippen LogP) is 4.61. The van der Waals surface area contributed by atoms with Crippen molar-refractivity contribution in [2.75, 3.05) is 20.7 Å². The van der Waals surface area contributed by atoms with Crippen molar-refractivity contribution in [3.8, 4) is 11.4 Å². The highest BCUT2D eigenvalue weighted by Crippen LogP contribution is 2.37. The van der Waals surface area contributed by atoms with Crippen LogP contribution in [0.2, 0.25) is 0 Å². The number of hydrogen-bond acceptors (Lipinski definition) is 4. The Labute approximate surface area is 171 Å². The minimum atomic E-state index is -0.363. The number of carbonyl (C=O) groups excluding carboxylic acids is 1. The van der Waals surface area contributed by atoms with Crippen molar-refractivity contribution in [3.05, 3.63) is 58.8 Å². The van der Waals surface area contributed by atoms with E-state index in [0.717, 1.165) is 33.4 Å². The van der Waals surface area contributed by atoms with Gasteiger partial charge in [-0.25, -0.2) is 4.79 Å². The van der Waals surface area contributed by atoms with Crippen LogP contribution in [0.1, 0.15) is 34.1 Å². The summed E-state index contributed by atoms with van der Waals surface area (Å²) in [6.45, 7) is 6.59. The summed E-state index contributed by atoms with van der Waals surface area (Å²) in [6, 6.07) is 11.6. The molecule has 0 unspecified atom stereocenters. The number of hydrogen-bond donors (Lipinski definition) is 1. The minimum Gasteiger partial charge on any atom is -0.508 e. The molecule has 0 bridgehead atoms. The zero-order valence-corrected chi connectivity index (χ0v) is 17.8. The Morgan fingerprint density at radius 3 is 2.43 bits per heavy atom. The number of halogens is 1. The van der Waals surface area contributed by atoms with Crippen molar-refractivity contribution in [1.29, 1.82) is 0 Å². The molecule has 1 heterocycles. The van der Waals surface area contributed by atoms with Gasteiger partial charge in [0.15, 0.2) is 0 Å². The molecule has 6 heteroatoms. The molecule has 0 fully saturated rings. The number of phenolic OH excluding ortho intramolecular Hbond substituents is 1. The van der Waals surface area contributed by atoms with Crippen molar-refractivity contribution in [2.45, 2.75) is 27.3 Å². The molecule has 2 aromatic carbocycles. The van der Waals surface area contributed by atoms with Crippen LogP contribution in [0.3, 0.4) is 0 Å². The standard InChI is InChI=1S/C22H26N2O3.ClH/c1-6-27-22(26)20-15(3)24(17-10-8-7-9-14(17)2)18-11-12-19(25)16(21(18)20)13-23(4)5;/h7-12,25H,6,13H2,1-5H3;1H. The smallest absolute Gasteiger partial charge is 0.340 e. The van der Waals surface area contributed by atoms with Crippen LogP contribution >= 0.6 is 12.4 Å². The maximum Gasteiger partial charge on any atom is 0.340 e. The predicted molar refractivity (Wildman–Crippen MR) is 115 cm³/mol. The molecule has 5 nitrogen and oxygen atoms in total. The second-order valence-corrected chi connectivity index (χ2v) is 7.00. The number of ether oxygens (including phenoxy) is 1. The van der Waals surface area contributed by atoms with Gasteiger partial charge in [-0.1, -0.05) is 18.2 Å². The SMILES string of the molecule is CCOC(=O)c1c(C)n(-c2ccccc2C)c2ccc(O)c(CN(C)C)c12.Cl. The van der Waals surface area contributed by atoms with Gasteiger partial charge in [0.05, 0.1) is 17.7 Å². The quantitative estimate of drug-likeness (QED) is 0.633. The first kappa shape index (κ1) is 21.8. The van der Waals surface area contributed by atoms with Crippen LogP contribution in [-0.4, -0.2) is 41.2 Å². The Bertz CT molecular complexity index is 1010. The van der Waals surface area contributed by atoms with Gasteiger partial charge in [0.25, 0.3) is 0 Å². The van der Waals surface area contributed by atoms with Gasteiger partial charge in [-0.15, -0.1) is 12.4 Å². The molecule has 0 atom stereocenters. The second-order valence-electron chi connectivity index (χ2n) is 7.00. The van der Waals surface area contributed by atoms with E-state index in [2.05, 4.69) is 4.57 Å². The summed E-state index contributed by atoms with van der Waals surface area (Å²) < 4.78 is 7.43. The number of phenols is 1. The molecule has 0 saturated heterocycles. The highest BCUT2D eigenvalue weighted by Gasteiger charge is 2.26. The number of rotatable bonds is 5. The number of esters is 1. The fourth-order valence-electron chi connectivity index (χ4n) is 3.62. The first-order valence-corrected chi connectivity index (χ1v) is 9.10. The van der Waals surface area contributed by atoms with Crippen LogP contribution in [0.15, 0.2) is 36.4 Å². The fraction of sp³-hybridized carbons (Fsp3) is 0.318. The average molecular weight is 403 g/mol. The molecule has 0 aliphatic carbocycles. The van der Waals surface area contributed by atoms with E-state index in [1.54, 1.807) is 13.0 Å². The monoisotopic (exact) mass is 402 g/mol. The number of fused-ring (bicyclic) bond motifs is 1. The van der Waals surface area contributed by atoms with Gasteiger partial charge in [-0.2, -0.15) is 0 Å². The van der Waals surface area contributed by atoms with Gasteiger partial charge < -0.3 is 19.3 Å². The zero-order valence-electron chi connectivity index (χ0n) is 16.9. The number of benzene rings is 2. The summed E-state index contributed by atoms with van der Waals surface area (Å²) in [6.07, 6.45) is 0. The Morgan fingerprint density at radius 1 is 1.14 bits per heavy atom. The third-order valence-electron chi connectivity index (χ3n) is 4.76. The Morgan fingerprint density at radius 2 is 1.82 bits per heavy atom. The highest BCUT2D eigenvalue weighted by atomic mass is 35.5. The number of aromatic hydroxyl groups is 1. The Kier molecular flexibility index (Phi) is 6.75. The fourth-order valence-corrected chi connectivity index (χ4v) is 3.62. The van der Waals surface area contributed by atoms with E-state index in [1.165, 1.54) is 0 Å². The summed E-state index contributed by atoms with van der Waals surface area (Å²) in [5.41, 5.74) is 5.06. The van der Waals surface area contributed by atoms with E-state index >= 15 is 0 Å². The summed E-state index contributed by atoms with van der Waals surface area (Å²) in [4.78, 5) is 14.8. The number of para-hydroxylation sites is 1. The number of aryl methyl sites for hydroxylation is 1. The molecule has 0 saturated carbocycles. The minimum absolute atomic E-state index is 0. The van der Waals surface area contributed by atoms with E-state index in [1.807, 2.05) is 63.2 Å².